The van der Waals surface area contributed by atoms with Crippen molar-refractivity contribution in [1.29, 1.82) is 0 Å². The van der Waals surface area contributed by atoms with Crippen LogP contribution in [0.4, 0.5) is 11.5 Å². The molecule has 0 aliphatic heterocycles. The summed E-state index contributed by atoms with van der Waals surface area (Å²) in [5.41, 5.74) is 9.85. The minimum atomic E-state index is 0.568. The maximum atomic E-state index is 6.32. The van der Waals surface area contributed by atoms with Gasteiger partial charge >= 0.3 is 0 Å². The second kappa shape index (κ2) is 5.31. The third kappa shape index (κ3) is 2.21. The molecule has 2 N–H and O–H groups in total. The zero-order chi connectivity index (χ0) is 14.1. The van der Waals surface area contributed by atoms with Crippen LogP contribution in [-0.2, 0) is 0 Å². The molecule has 0 atom stereocenters. The number of nitrogens with two attached hydrogens (primary N) is 1. The topological polar surface area (TPSA) is 42.1 Å². The number of nitrogen functional groups attached to an aromatic ring is 1. The zero-order valence-corrected chi connectivity index (χ0v) is 12.4. The number of benzene rings is 1. The molecule has 0 saturated heterocycles. The first-order chi connectivity index (χ1) is 9.68. The van der Waals surface area contributed by atoms with E-state index in [1.54, 1.807) is 0 Å². The second-order valence-corrected chi connectivity index (χ2v) is 6.01. The number of nitrogens with zero attached hydrogens (tertiary/aromatic N) is 2. The maximum Gasteiger partial charge on any atom is 0.129 e. The van der Waals surface area contributed by atoms with Gasteiger partial charge in [0.2, 0.25) is 0 Å². The molecule has 1 aliphatic rings. The number of pyridine rings is 1. The lowest BCUT2D eigenvalue weighted by molar-refractivity contribution is 0.444. The normalized spacial score (nSPS) is 16.5. The number of para-hydroxylation sites is 1. The Labute approximate surface area is 120 Å². The Morgan fingerprint density at radius 2 is 1.80 bits per heavy atom. The monoisotopic (exact) mass is 269 g/mol. The van der Waals surface area contributed by atoms with Crippen molar-refractivity contribution < 1.29 is 0 Å². The highest BCUT2D eigenvalue weighted by Crippen LogP contribution is 2.42. The molecule has 0 bridgehead atoms. The average molecular weight is 269 g/mol. The number of hydrogen-bond acceptors (Lipinski definition) is 3. The van der Waals surface area contributed by atoms with E-state index in [1.807, 2.05) is 12.1 Å². The summed E-state index contributed by atoms with van der Waals surface area (Å²) in [5, 5.41) is 1.22. The smallest absolute Gasteiger partial charge is 0.129 e. The molecule has 1 aromatic heterocycles. The van der Waals surface area contributed by atoms with Gasteiger partial charge in [0, 0.05) is 25.0 Å². The Hall–Kier alpha value is -1.77. The van der Waals surface area contributed by atoms with Crippen LogP contribution in [0.2, 0.25) is 0 Å². The fourth-order valence-corrected chi connectivity index (χ4v) is 3.50. The first-order valence-corrected chi connectivity index (χ1v) is 7.54. The summed E-state index contributed by atoms with van der Waals surface area (Å²) < 4.78 is 0. The van der Waals surface area contributed by atoms with E-state index >= 15 is 0 Å². The van der Waals surface area contributed by atoms with Crippen molar-refractivity contribution in [3.63, 3.8) is 0 Å². The standard InChI is InChI=1S/C17H23N3/c1-20(2)16-13-10-6-7-11-14(13)19-17(18)15(16)12-8-4-3-5-9-12/h6-7,10-12H,3-5,8-9H2,1-2H3,(H2,18,19). The van der Waals surface area contributed by atoms with E-state index in [-0.39, 0.29) is 0 Å². The highest BCUT2D eigenvalue weighted by Gasteiger charge is 2.24. The Morgan fingerprint density at radius 3 is 2.50 bits per heavy atom. The van der Waals surface area contributed by atoms with Gasteiger partial charge in [0.05, 0.1) is 11.2 Å². The summed E-state index contributed by atoms with van der Waals surface area (Å²) in [6.45, 7) is 0. The summed E-state index contributed by atoms with van der Waals surface area (Å²) >= 11 is 0. The highest BCUT2D eigenvalue weighted by molar-refractivity contribution is 5.95. The van der Waals surface area contributed by atoms with Crippen LogP contribution in [-0.4, -0.2) is 19.1 Å². The van der Waals surface area contributed by atoms with Crippen LogP contribution in [0.25, 0.3) is 10.9 Å². The van der Waals surface area contributed by atoms with E-state index in [0.717, 1.165) is 11.3 Å². The average Bonchev–Trinajstić information content (AvgIpc) is 2.46. The maximum absolute atomic E-state index is 6.32. The van der Waals surface area contributed by atoms with E-state index in [1.165, 1.54) is 48.7 Å². The highest BCUT2D eigenvalue weighted by atomic mass is 15.1. The fraction of sp³-hybridized carbons (Fsp3) is 0.471. The minimum absolute atomic E-state index is 0.568. The van der Waals surface area contributed by atoms with Crippen LogP contribution in [0.3, 0.4) is 0 Å². The molecule has 0 amide bonds. The second-order valence-electron chi connectivity index (χ2n) is 6.01. The van der Waals surface area contributed by atoms with E-state index in [9.17, 15) is 0 Å². The minimum Gasteiger partial charge on any atom is -0.383 e. The summed E-state index contributed by atoms with van der Waals surface area (Å²) in [5.74, 6) is 1.29. The van der Waals surface area contributed by atoms with Gasteiger partial charge in [0.25, 0.3) is 0 Å². The van der Waals surface area contributed by atoms with E-state index < -0.39 is 0 Å². The molecule has 0 radical (unpaired) electrons. The lowest BCUT2D eigenvalue weighted by atomic mass is 9.82. The first-order valence-electron chi connectivity index (χ1n) is 7.54. The van der Waals surface area contributed by atoms with Crippen molar-refractivity contribution in [3.8, 4) is 0 Å². The lowest BCUT2D eigenvalue weighted by Gasteiger charge is -2.29. The molecular weight excluding hydrogens is 246 g/mol. The third-order valence-corrected chi connectivity index (χ3v) is 4.39. The van der Waals surface area contributed by atoms with Gasteiger partial charge in [-0.25, -0.2) is 4.98 Å². The molecule has 20 heavy (non-hydrogen) atoms. The van der Waals surface area contributed by atoms with Gasteiger partial charge in [-0.05, 0) is 24.8 Å². The first kappa shape index (κ1) is 13.2. The number of anilines is 2. The molecule has 1 heterocycles. The molecule has 1 saturated carbocycles. The van der Waals surface area contributed by atoms with Gasteiger partial charge < -0.3 is 10.6 Å². The molecule has 0 unspecified atom stereocenters. The van der Waals surface area contributed by atoms with Crippen molar-refractivity contribution >= 4 is 22.4 Å². The van der Waals surface area contributed by atoms with Gasteiger partial charge in [-0.15, -0.1) is 0 Å². The molecule has 106 valence electrons. The quantitative estimate of drug-likeness (QED) is 0.898. The summed E-state index contributed by atoms with van der Waals surface area (Å²) in [7, 11) is 4.21. The van der Waals surface area contributed by atoms with Crippen LogP contribution in [0, 0.1) is 0 Å². The van der Waals surface area contributed by atoms with Crippen molar-refractivity contribution in [1.82, 2.24) is 4.98 Å². The van der Waals surface area contributed by atoms with E-state index in [2.05, 4.69) is 36.1 Å². The van der Waals surface area contributed by atoms with Gasteiger partial charge in [0.1, 0.15) is 5.82 Å². The number of rotatable bonds is 2. The molecule has 1 aliphatic carbocycles. The zero-order valence-electron chi connectivity index (χ0n) is 12.4. The van der Waals surface area contributed by atoms with Crippen LogP contribution in [0.5, 0.6) is 0 Å². The van der Waals surface area contributed by atoms with Crippen LogP contribution < -0.4 is 10.6 Å². The molecule has 3 nitrogen and oxygen atoms in total. The van der Waals surface area contributed by atoms with Crippen molar-refractivity contribution in [2.45, 2.75) is 38.0 Å². The number of aromatic nitrogens is 1. The van der Waals surface area contributed by atoms with Crippen molar-refractivity contribution in [2.75, 3.05) is 24.7 Å². The molecule has 0 spiro atoms. The Kier molecular flexibility index (Phi) is 3.51. The van der Waals surface area contributed by atoms with Gasteiger partial charge in [0.15, 0.2) is 0 Å². The SMILES string of the molecule is CN(C)c1c(C2CCCCC2)c(N)nc2ccccc12. The van der Waals surface area contributed by atoms with Gasteiger partial charge in [-0.1, -0.05) is 37.5 Å². The predicted molar refractivity (Wildman–Crippen MR) is 86.3 cm³/mol. The summed E-state index contributed by atoms with van der Waals surface area (Å²) in [4.78, 5) is 6.84. The summed E-state index contributed by atoms with van der Waals surface area (Å²) in [6.07, 6.45) is 6.46. The Bertz CT molecular complexity index is 613. The molecule has 1 fully saturated rings. The Balaban J connectivity index is 2.23. The van der Waals surface area contributed by atoms with E-state index in [4.69, 9.17) is 5.73 Å². The van der Waals surface area contributed by atoms with Gasteiger partial charge in [-0.2, -0.15) is 0 Å². The third-order valence-electron chi connectivity index (χ3n) is 4.39. The fourth-order valence-electron chi connectivity index (χ4n) is 3.50. The lowest BCUT2D eigenvalue weighted by Crippen LogP contribution is -2.18. The molecule has 3 heteroatoms. The predicted octanol–water partition coefficient (Wildman–Crippen LogP) is 3.93. The van der Waals surface area contributed by atoms with Gasteiger partial charge in [-0.3, -0.25) is 0 Å². The number of fused-ring (bicyclic) bond motifs is 1. The van der Waals surface area contributed by atoms with Crippen LogP contribution in [0.15, 0.2) is 24.3 Å². The molecule has 3 rings (SSSR count). The summed E-state index contributed by atoms with van der Waals surface area (Å²) in [6, 6.07) is 8.30. The Morgan fingerprint density at radius 1 is 1.10 bits per heavy atom. The molecule has 2 aromatic rings. The molecule has 1 aromatic carbocycles. The van der Waals surface area contributed by atoms with Crippen molar-refractivity contribution in [3.05, 3.63) is 29.8 Å². The van der Waals surface area contributed by atoms with E-state index in [0.29, 0.717) is 5.92 Å². The molecular formula is C17H23N3. The largest absolute Gasteiger partial charge is 0.383 e. The van der Waals surface area contributed by atoms with Crippen LogP contribution in [0.1, 0.15) is 43.6 Å². The van der Waals surface area contributed by atoms with Crippen LogP contribution >= 0.6 is 0 Å². The number of hydrogen-bond donors (Lipinski definition) is 1. The van der Waals surface area contributed by atoms with Crippen molar-refractivity contribution in [2.24, 2.45) is 0 Å².